The van der Waals surface area contributed by atoms with Crippen LogP contribution in [0.5, 0.6) is 0 Å². The first-order valence-electron chi connectivity index (χ1n) is 11.7. The van der Waals surface area contributed by atoms with E-state index in [0.29, 0.717) is 6.42 Å². The maximum atomic E-state index is 9.60. The first-order valence-corrected chi connectivity index (χ1v) is 11.7. The number of aliphatic carboxylic acids is 1. The lowest BCUT2D eigenvalue weighted by Crippen LogP contribution is -2.46. The van der Waals surface area contributed by atoms with E-state index in [-0.39, 0.29) is 0 Å². The summed E-state index contributed by atoms with van der Waals surface area (Å²) in [5.74, 6) is 2.50. The number of likely N-dealkylation sites (N-methyl/N-ethyl adjacent to an activating group) is 1. The fraction of sp³-hybridized carbons (Fsp3) is 0.773. The molecule has 1 N–H and O–H groups in total. The number of carbonyl (C=O) groups is 1. The molecule has 1 aromatic rings. The van der Waals surface area contributed by atoms with Gasteiger partial charge < -0.3 is 24.7 Å². The molecule has 0 amide bonds. The van der Waals surface area contributed by atoms with Gasteiger partial charge in [-0.1, -0.05) is 13.8 Å². The Labute approximate surface area is 180 Å². The molecule has 0 aromatic carbocycles. The monoisotopic (exact) mass is 418 g/mol. The summed E-state index contributed by atoms with van der Waals surface area (Å²) >= 11 is 0. The van der Waals surface area contributed by atoms with E-state index in [1.54, 1.807) is 0 Å². The fourth-order valence-electron chi connectivity index (χ4n) is 4.25. The second-order valence-corrected chi connectivity index (χ2v) is 8.34. The van der Waals surface area contributed by atoms with Crippen molar-refractivity contribution in [1.82, 2.24) is 14.9 Å². The summed E-state index contributed by atoms with van der Waals surface area (Å²) in [6.07, 6.45) is 6.13. The molecule has 3 aliphatic heterocycles. The van der Waals surface area contributed by atoms with E-state index in [4.69, 9.17) is 15.1 Å². The lowest BCUT2D eigenvalue weighted by molar-refractivity contribution is -0.137. The number of rotatable bonds is 6. The van der Waals surface area contributed by atoms with E-state index in [2.05, 4.69) is 32.6 Å². The van der Waals surface area contributed by atoms with Crippen LogP contribution in [0, 0.1) is 0 Å². The molecule has 0 atom stereocenters. The molecule has 168 valence electrons. The van der Waals surface area contributed by atoms with Crippen molar-refractivity contribution < 1.29 is 9.90 Å². The Morgan fingerprint density at radius 2 is 1.33 bits per heavy atom. The standard InChI is InChI=1S/C18H30N6.C4H8O2/c1-2-21-11-13-23(14-12-21)17-15-16(22-7-3-4-8-22)19-18(20-17)24-9-5-6-10-24;1-2-3-4(5)6/h15H,2-14H2,1H3;2-3H2,1H3,(H,5,6). The van der Waals surface area contributed by atoms with E-state index in [1.807, 2.05) is 6.92 Å². The highest BCUT2D eigenvalue weighted by atomic mass is 16.4. The largest absolute Gasteiger partial charge is 0.481 e. The first kappa shape index (κ1) is 22.6. The Kier molecular flexibility index (Phi) is 8.54. The number of nitrogens with zero attached hydrogens (tertiary/aromatic N) is 6. The Balaban J connectivity index is 0.000000377. The number of aromatic nitrogens is 2. The number of carboxylic acid groups (broad SMARTS) is 1. The van der Waals surface area contributed by atoms with Crippen molar-refractivity contribution >= 4 is 23.6 Å². The van der Waals surface area contributed by atoms with E-state index in [0.717, 1.165) is 82.9 Å². The summed E-state index contributed by atoms with van der Waals surface area (Å²) < 4.78 is 0. The molecule has 3 fully saturated rings. The number of piperazine rings is 1. The Bertz CT molecular complexity index is 631. The van der Waals surface area contributed by atoms with Crippen molar-refractivity contribution in [2.75, 3.05) is 73.6 Å². The summed E-state index contributed by atoms with van der Waals surface area (Å²) in [6, 6.07) is 2.23. The van der Waals surface area contributed by atoms with Crippen LogP contribution >= 0.6 is 0 Å². The molecule has 0 saturated carbocycles. The third-order valence-electron chi connectivity index (χ3n) is 6.11. The maximum Gasteiger partial charge on any atom is 0.303 e. The second kappa shape index (κ2) is 11.3. The lowest BCUT2D eigenvalue weighted by atomic mass is 10.3. The van der Waals surface area contributed by atoms with Crippen LogP contribution in [0.2, 0.25) is 0 Å². The van der Waals surface area contributed by atoms with Gasteiger partial charge in [-0.2, -0.15) is 9.97 Å². The van der Waals surface area contributed by atoms with Crippen molar-refractivity contribution in [1.29, 1.82) is 0 Å². The van der Waals surface area contributed by atoms with Crippen molar-refractivity contribution in [2.45, 2.75) is 52.4 Å². The van der Waals surface area contributed by atoms with Crippen LogP contribution < -0.4 is 14.7 Å². The molecule has 0 bridgehead atoms. The highest BCUT2D eigenvalue weighted by Gasteiger charge is 2.23. The summed E-state index contributed by atoms with van der Waals surface area (Å²) in [5, 5.41) is 7.91. The minimum Gasteiger partial charge on any atom is -0.481 e. The molecule has 0 spiro atoms. The van der Waals surface area contributed by atoms with Gasteiger partial charge in [-0.05, 0) is 38.6 Å². The molecule has 4 heterocycles. The van der Waals surface area contributed by atoms with Crippen LogP contribution in [0.25, 0.3) is 0 Å². The molecule has 3 saturated heterocycles. The Morgan fingerprint density at radius 3 is 1.77 bits per heavy atom. The predicted molar refractivity (Wildman–Crippen MR) is 122 cm³/mol. The summed E-state index contributed by atoms with van der Waals surface area (Å²) in [6.45, 7) is 14.1. The molecule has 30 heavy (non-hydrogen) atoms. The number of carboxylic acids is 1. The van der Waals surface area contributed by atoms with Crippen molar-refractivity contribution in [3.8, 4) is 0 Å². The smallest absolute Gasteiger partial charge is 0.303 e. The highest BCUT2D eigenvalue weighted by Crippen LogP contribution is 2.27. The van der Waals surface area contributed by atoms with Crippen LogP contribution in [0.3, 0.4) is 0 Å². The molecule has 8 heteroatoms. The van der Waals surface area contributed by atoms with Crippen LogP contribution in [0.1, 0.15) is 52.4 Å². The maximum absolute atomic E-state index is 9.60. The third-order valence-corrected chi connectivity index (χ3v) is 6.11. The van der Waals surface area contributed by atoms with Crippen molar-refractivity contribution in [3.63, 3.8) is 0 Å². The molecule has 3 aliphatic rings. The van der Waals surface area contributed by atoms with Gasteiger partial charge in [-0.3, -0.25) is 4.79 Å². The zero-order chi connectivity index (χ0) is 21.3. The SMILES string of the molecule is CCCC(=O)O.CCN1CCN(c2cc(N3CCCC3)nc(N3CCCC3)n2)CC1. The average molecular weight is 419 g/mol. The summed E-state index contributed by atoms with van der Waals surface area (Å²) in [7, 11) is 0. The van der Waals surface area contributed by atoms with Crippen LogP contribution in [-0.2, 0) is 4.79 Å². The van der Waals surface area contributed by atoms with Gasteiger partial charge in [-0.25, -0.2) is 0 Å². The molecule has 0 unspecified atom stereocenters. The number of hydrogen-bond donors (Lipinski definition) is 1. The van der Waals surface area contributed by atoms with Crippen LogP contribution in [0.4, 0.5) is 17.6 Å². The summed E-state index contributed by atoms with van der Waals surface area (Å²) in [5.41, 5.74) is 0. The average Bonchev–Trinajstić information content (AvgIpc) is 3.48. The van der Waals surface area contributed by atoms with Crippen molar-refractivity contribution in [3.05, 3.63) is 6.07 Å². The van der Waals surface area contributed by atoms with Crippen molar-refractivity contribution in [2.24, 2.45) is 0 Å². The van der Waals surface area contributed by atoms with E-state index < -0.39 is 5.97 Å². The van der Waals surface area contributed by atoms with Crippen LogP contribution in [0.15, 0.2) is 6.07 Å². The normalized spacial score (nSPS) is 19.7. The second-order valence-electron chi connectivity index (χ2n) is 8.34. The van der Waals surface area contributed by atoms with Gasteiger partial charge in [0, 0.05) is 64.8 Å². The lowest BCUT2D eigenvalue weighted by Gasteiger charge is -2.35. The zero-order valence-electron chi connectivity index (χ0n) is 18.7. The van der Waals surface area contributed by atoms with Crippen LogP contribution in [-0.4, -0.2) is 84.8 Å². The molecule has 0 aliphatic carbocycles. The molecule has 1 aromatic heterocycles. The van der Waals surface area contributed by atoms with E-state index in [1.165, 1.54) is 25.7 Å². The zero-order valence-corrected chi connectivity index (χ0v) is 18.7. The topological polar surface area (TPSA) is 76.0 Å². The Hall–Kier alpha value is -2.09. The van der Waals surface area contributed by atoms with E-state index in [9.17, 15) is 4.79 Å². The van der Waals surface area contributed by atoms with Gasteiger partial charge in [0.25, 0.3) is 0 Å². The minimum absolute atomic E-state index is 0.292. The van der Waals surface area contributed by atoms with Gasteiger partial charge in [0.1, 0.15) is 11.6 Å². The molecule has 8 nitrogen and oxygen atoms in total. The minimum atomic E-state index is -0.711. The summed E-state index contributed by atoms with van der Waals surface area (Å²) in [4.78, 5) is 29.3. The van der Waals surface area contributed by atoms with E-state index >= 15 is 0 Å². The molecular weight excluding hydrogens is 380 g/mol. The van der Waals surface area contributed by atoms with Gasteiger partial charge in [0.2, 0.25) is 5.95 Å². The predicted octanol–water partition coefficient (Wildman–Crippen LogP) is 2.69. The number of anilines is 3. The highest BCUT2D eigenvalue weighted by molar-refractivity contribution is 5.66. The van der Waals surface area contributed by atoms with Gasteiger partial charge in [-0.15, -0.1) is 0 Å². The Morgan fingerprint density at radius 1 is 0.833 bits per heavy atom. The van der Waals surface area contributed by atoms with Gasteiger partial charge in [0.15, 0.2) is 0 Å². The molecular formula is C22H38N6O2. The van der Waals surface area contributed by atoms with Gasteiger partial charge >= 0.3 is 5.97 Å². The number of hydrogen-bond acceptors (Lipinski definition) is 7. The molecule has 4 rings (SSSR count). The fourth-order valence-corrected chi connectivity index (χ4v) is 4.25. The quantitative estimate of drug-likeness (QED) is 0.756. The first-order chi connectivity index (χ1) is 14.6. The third kappa shape index (κ3) is 6.20. The molecule has 0 radical (unpaired) electrons. The van der Waals surface area contributed by atoms with Gasteiger partial charge in [0.05, 0.1) is 0 Å².